The second kappa shape index (κ2) is 10.7. The number of hydrogen-bond acceptors (Lipinski definition) is 5. The van der Waals surface area contributed by atoms with Gasteiger partial charge in [-0.3, -0.25) is 9.36 Å². The van der Waals surface area contributed by atoms with Crippen LogP contribution < -0.4 is 4.74 Å². The van der Waals surface area contributed by atoms with Crippen molar-refractivity contribution in [1.29, 1.82) is 0 Å². The number of nitrogens with one attached hydrogen (secondary N) is 1. The Bertz CT molecular complexity index is 1910. The van der Waals surface area contributed by atoms with Gasteiger partial charge in [0.2, 0.25) is 12.1 Å². The molecular weight excluding hydrogens is 597 g/mol. The molecule has 2 aliphatic heterocycles. The predicted octanol–water partition coefficient (Wildman–Crippen LogP) is 8.55. The number of rotatable bonds is 7. The Morgan fingerprint density at radius 3 is 2.84 bits per heavy atom. The number of hydrogen-bond donors (Lipinski definition) is 1. The lowest BCUT2D eigenvalue weighted by Gasteiger charge is -2.29. The summed E-state index contributed by atoms with van der Waals surface area (Å²) in [6.45, 7) is 4.85. The fourth-order valence-corrected chi connectivity index (χ4v) is 7.90. The highest BCUT2D eigenvalue weighted by Gasteiger charge is 2.35. The molecule has 3 aromatic heterocycles. The molecule has 0 spiro atoms. The average molecular weight is 630 g/mol. The molecule has 2 atom stereocenters. The highest BCUT2D eigenvalue weighted by Crippen LogP contribution is 2.48. The summed E-state index contributed by atoms with van der Waals surface area (Å²) in [6.07, 6.45) is 8.96. The molecule has 1 unspecified atom stereocenters. The zero-order valence-corrected chi connectivity index (χ0v) is 26.2. The molecule has 1 aliphatic carbocycles. The number of H-pyrrole nitrogens is 1. The fraction of sp³-hybridized carbons (Fsp3) is 0.382. The Labute approximate surface area is 264 Å². The summed E-state index contributed by atoms with van der Waals surface area (Å²) < 4.78 is 24.9. The highest BCUT2D eigenvalue weighted by molar-refractivity contribution is 7.11. The van der Waals surface area contributed by atoms with Gasteiger partial charge in [-0.1, -0.05) is 25.4 Å². The maximum absolute atomic E-state index is 16.2. The van der Waals surface area contributed by atoms with Gasteiger partial charge in [0.15, 0.2) is 0 Å². The number of benzene rings is 2. The van der Waals surface area contributed by atoms with Crippen LogP contribution in [0.2, 0.25) is 5.02 Å². The molecule has 1 saturated carbocycles. The Morgan fingerprint density at radius 1 is 1.16 bits per heavy atom. The van der Waals surface area contributed by atoms with E-state index in [2.05, 4.69) is 28.4 Å². The summed E-state index contributed by atoms with van der Waals surface area (Å²) in [4.78, 5) is 28.6. The molecule has 1 amide bonds. The SMILES string of the molecule is CC(C)CC(=O)N1CCC[C@H]1c1ncc(-c2cc(F)c3c(c2)OC(c2cnc(CC4CC4)s2)n2c-3cc3cc(Cl)ccc32)[nH]1. The minimum Gasteiger partial charge on any atom is -0.464 e. The van der Waals surface area contributed by atoms with Crippen LogP contribution in [0, 0.1) is 17.7 Å². The van der Waals surface area contributed by atoms with E-state index in [1.165, 1.54) is 18.9 Å². The molecule has 7 nitrogen and oxygen atoms in total. The van der Waals surface area contributed by atoms with Gasteiger partial charge in [0, 0.05) is 41.6 Å². The van der Waals surface area contributed by atoms with Crippen molar-refractivity contribution in [3.63, 3.8) is 0 Å². The van der Waals surface area contributed by atoms with Crippen LogP contribution in [0.1, 0.15) is 73.9 Å². The Hall–Kier alpha value is -3.69. The predicted molar refractivity (Wildman–Crippen MR) is 170 cm³/mol. The first-order chi connectivity index (χ1) is 21.3. The number of amides is 1. The number of likely N-dealkylation sites (tertiary alicyclic amines) is 1. The van der Waals surface area contributed by atoms with Gasteiger partial charge >= 0.3 is 0 Å². The molecule has 5 aromatic rings. The summed E-state index contributed by atoms with van der Waals surface area (Å²) >= 11 is 8.02. The fourth-order valence-electron chi connectivity index (χ4n) is 6.66. The van der Waals surface area contributed by atoms with Gasteiger partial charge in [-0.25, -0.2) is 14.4 Å². The molecule has 1 saturated heterocycles. The molecule has 226 valence electrons. The molecule has 44 heavy (non-hydrogen) atoms. The second-order valence-corrected chi connectivity index (χ2v) is 14.3. The van der Waals surface area contributed by atoms with Crippen LogP contribution in [0.4, 0.5) is 4.39 Å². The maximum atomic E-state index is 16.2. The largest absolute Gasteiger partial charge is 0.464 e. The van der Waals surface area contributed by atoms with E-state index in [1.54, 1.807) is 17.5 Å². The third-order valence-corrected chi connectivity index (χ3v) is 10.2. The Morgan fingerprint density at radius 2 is 2.02 bits per heavy atom. The zero-order valence-electron chi connectivity index (χ0n) is 24.6. The number of fused-ring (bicyclic) bond motifs is 5. The van der Waals surface area contributed by atoms with Crippen molar-refractivity contribution in [1.82, 2.24) is 24.4 Å². The number of aromatic amines is 1. The van der Waals surface area contributed by atoms with Crippen molar-refractivity contribution in [2.75, 3.05) is 6.54 Å². The number of nitrogens with zero attached hydrogens (tertiary/aromatic N) is 4. The first kappa shape index (κ1) is 27.8. The minimum absolute atomic E-state index is 0.100. The first-order valence-corrected chi connectivity index (χ1v) is 16.6. The lowest BCUT2D eigenvalue weighted by molar-refractivity contribution is -0.133. The number of carbonyl (C=O) groups is 1. The quantitative estimate of drug-likeness (QED) is 0.196. The van der Waals surface area contributed by atoms with Crippen LogP contribution in [0.3, 0.4) is 0 Å². The summed E-state index contributed by atoms with van der Waals surface area (Å²) in [5.74, 6) is 2.00. The van der Waals surface area contributed by atoms with E-state index in [-0.39, 0.29) is 17.8 Å². The number of carbonyl (C=O) groups excluding carboxylic acids is 1. The molecule has 2 fully saturated rings. The van der Waals surface area contributed by atoms with E-state index in [1.807, 2.05) is 41.4 Å². The smallest absolute Gasteiger partial charge is 0.223 e. The monoisotopic (exact) mass is 629 g/mol. The molecule has 10 heteroatoms. The molecule has 2 aromatic carbocycles. The van der Waals surface area contributed by atoms with Crippen molar-refractivity contribution in [3.05, 3.63) is 75.3 Å². The normalized spacial score (nSPS) is 19.4. The van der Waals surface area contributed by atoms with Gasteiger partial charge in [-0.05, 0) is 73.9 Å². The minimum atomic E-state index is -0.493. The standard InChI is InChI=1S/C34H33ClFN5O2S/c1-18(2)10-31(42)40-9-3-4-26(40)33-38-16-24(39-33)20-13-23(36)32-27-14-21-12-22(35)7-8-25(21)41(27)34(43-28(32)15-20)29-17-37-30(44-29)11-19-5-6-19/h7-8,12-19,26,34H,3-6,9-11H2,1-2H3,(H,38,39)/t26-,34?/m0/s1. The molecule has 1 N–H and O–H groups in total. The highest BCUT2D eigenvalue weighted by atomic mass is 35.5. The van der Waals surface area contributed by atoms with Crippen LogP contribution in [-0.2, 0) is 11.2 Å². The van der Waals surface area contributed by atoms with Crippen LogP contribution in [-0.4, -0.2) is 36.9 Å². The molecular formula is C34H33ClFN5O2S. The van der Waals surface area contributed by atoms with Crippen molar-refractivity contribution in [3.8, 4) is 28.3 Å². The van der Waals surface area contributed by atoms with Crippen LogP contribution in [0.15, 0.2) is 48.8 Å². The number of thiazole rings is 1. The van der Waals surface area contributed by atoms with Gasteiger partial charge in [-0.15, -0.1) is 11.3 Å². The number of ether oxygens (including phenoxy) is 1. The van der Waals surface area contributed by atoms with E-state index in [0.29, 0.717) is 39.9 Å². The van der Waals surface area contributed by atoms with Gasteiger partial charge in [-0.2, -0.15) is 0 Å². The maximum Gasteiger partial charge on any atom is 0.223 e. The van der Waals surface area contributed by atoms with Gasteiger partial charge in [0.25, 0.3) is 0 Å². The lowest BCUT2D eigenvalue weighted by Crippen LogP contribution is -2.31. The van der Waals surface area contributed by atoms with E-state index in [0.717, 1.165) is 64.0 Å². The summed E-state index contributed by atoms with van der Waals surface area (Å²) in [7, 11) is 0. The average Bonchev–Trinajstić information content (AvgIpc) is 3.43. The zero-order chi connectivity index (χ0) is 30.1. The Kier molecular flexibility index (Phi) is 6.79. The van der Waals surface area contributed by atoms with E-state index < -0.39 is 6.23 Å². The van der Waals surface area contributed by atoms with E-state index >= 15 is 4.39 Å². The van der Waals surface area contributed by atoms with E-state index in [4.69, 9.17) is 21.3 Å². The summed E-state index contributed by atoms with van der Waals surface area (Å²) in [5.41, 5.74) is 3.41. The van der Waals surface area contributed by atoms with Crippen molar-refractivity contribution >= 4 is 39.7 Å². The van der Waals surface area contributed by atoms with Gasteiger partial charge in [0.1, 0.15) is 17.4 Å². The molecule has 5 heterocycles. The summed E-state index contributed by atoms with van der Waals surface area (Å²) in [5, 5.41) is 2.66. The van der Waals surface area contributed by atoms with Crippen LogP contribution in [0.25, 0.3) is 33.4 Å². The van der Waals surface area contributed by atoms with Crippen LogP contribution >= 0.6 is 22.9 Å². The molecule has 0 bridgehead atoms. The number of aromatic nitrogens is 4. The van der Waals surface area contributed by atoms with Crippen molar-refractivity contribution < 1.29 is 13.9 Å². The number of halogens is 2. The summed E-state index contributed by atoms with van der Waals surface area (Å²) in [6, 6.07) is 11.0. The number of imidazole rings is 1. The molecule has 8 rings (SSSR count). The first-order valence-electron chi connectivity index (χ1n) is 15.4. The lowest BCUT2D eigenvalue weighted by atomic mass is 10.0. The van der Waals surface area contributed by atoms with Crippen molar-refractivity contribution in [2.24, 2.45) is 11.8 Å². The molecule has 3 aliphatic rings. The second-order valence-electron chi connectivity index (χ2n) is 12.7. The third kappa shape index (κ3) is 4.90. The van der Waals surface area contributed by atoms with Gasteiger partial charge < -0.3 is 14.6 Å². The topological polar surface area (TPSA) is 76.0 Å². The van der Waals surface area contributed by atoms with Crippen LogP contribution in [0.5, 0.6) is 5.75 Å². The Balaban J connectivity index is 1.18. The third-order valence-electron chi connectivity index (χ3n) is 8.94. The van der Waals surface area contributed by atoms with Crippen molar-refractivity contribution in [2.45, 2.75) is 64.6 Å². The van der Waals surface area contributed by atoms with Gasteiger partial charge in [0.05, 0.1) is 44.6 Å². The molecule has 0 radical (unpaired) electrons. The van der Waals surface area contributed by atoms with E-state index in [9.17, 15) is 4.79 Å².